The van der Waals surface area contributed by atoms with Crippen molar-refractivity contribution in [3.05, 3.63) is 0 Å². The van der Waals surface area contributed by atoms with E-state index in [-0.39, 0.29) is 35.7 Å². The molecule has 0 radical (unpaired) electrons. The smallest absolute Gasteiger partial charge is 0.223 e. The molecule has 2 N–H and O–H groups in total. The molecular formula is C26H47N3O3. The topological polar surface area (TPSA) is 78.5 Å². The zero-order chi connectivity index (χ0) is 23.8. The van der Waals surface area contributed by atoms with E-state index in [1.807, 2.05) is 4.90 Å². The van der Waals surface area contributed by atoms with Crippen molar-refractivity contribution in [3.63, 3.8) is 0 Å². The van der Waals surface area contributed by atoms with Crippen LogP contribution in [0.5, 0.6) is 0 Å². The highest BCUT2D eigenvalue weighted by atomic mass is 16.2. The minimum atomic E-state index is 0.0107. The van der Waals surface area contributed by atoms with Crippen LogP contribution in [0.1, 0.15) is 92.9 Å². The number of piperidine rings is 1. The molecular weight excluding hydrogens is 402 g/mol. The summed E-state index contributed by atoms with van der Waals surface area (Å²) in [7, 11) is 0. The van der Waals surface area contributed by atoms with Crippen LogP contribution in [0.4, 0.5) is 0 Å². The lowest BCUT2D eigenvalue weighted by Gasteiger charge is -2.34. The van der Waals surface area contributed by atoms with E-state index in [1.165, 1.54) is 0 Å². The van der Waals surface area contributed by atoms with Gasteiger partial charge in [-0.25, -0.2) is 0 Å². The summed E-state index contributed by atoms with van der Waals surface area (Å²) in [5.74, 6) is 2.35. The average molecular weight is 450 g/mol. The zero-order valence-electron chi connectivity index (χ0n) is 21.3. The molecule has 1 aliphatic heterocycles. The lowest BCUT2D eigenvalue weighted by Crippen LogP contribution is -2.48. The molecule has 2 rings (SSSR count). The first-order chi connectivity index (χ1) is 15.1. The van der Waals surface area contributed by atoms with Crippen LogP contribution in [0.25, 0.3) is 0 Å². The fourth-order valence-electron chi connectivity index (χ4n) is 4.55. The summed E-state index contributed by atoms with van der Waals surface area (Å²) in [5.41, 5.74) is 0. The van der Waals surface area contributed by atoms with Gasteiger partial charge in [-0.1, -0.05) is 41.5 Å². The number of likely N-dealkylation sites (tertiary alicyclic amines) is 1. The molecule has 6 heteroatoms. The molecule has 0 aromatic heterocycles. The third kappa shape index (κ3) is 8.40. The third-order valence-electron chi connectivity index (χ3n) is 7.94. The van der Waals surface area contributed by atoms with Gasteiger partial charge in [0.15, 0.2) is 0 Å². The second kappa shape index (κ2) is 12.6. The van der Waals surface area contributed by atoms with E-state index in [0.29, 0.717) is 49.6 Å². The number of carbonyl (C=O) groups is 3. The summed E-state index contributed by atoms with van der Waals surface area (Å²) in [4.78, 5) is 39.5. The van der Waals surface area contributed by atoms with Crippen LogP contribution in [-0.2, 0) is 14.4 Å². The van der Waals surface area contributed by atoms with Gasteiger partial charge in [-0.2, -0.15) is 0 Å². The van der Waals surface area contributed by atoms with E-state index in [4.69, 9.17) is 0 Å². The first-order valence-corrected chi connectivity index (χ1v) is 12.9. The first kappa shape index (κ1) is 26.7. The summed E-state index contributed by atoms with van der Waals surface area (Å²) in [5, 5.41) is 6.43. The van der Waals surface area contributed by atoms with Crippen molar-refractivity contribution in [2.45, 2.75) is 105 Å². The van der Waals surface area contributed by atoms with Crippen molar-refractivity contribution in [1.82, 2.24) is 15.5 Å². The molecule has 2 aliphatic rings. The van der Waals surface area contributed by atoms with Gasteiger partial charge < -0.3 is 15.5 Å². The highest BCUT2D eigenvalue weighted by Gasteiger charge is 2.30. The fourth-order valence-corrected chi connectivity index (χ4v) is 4.55. The fraction of sp³-hybridized carbons (Fsp3) is 0.885. The third-order valence-corrected chi connectivity index (χ3v) is 7.94. The van der Waals surface area contributed by atoms with Crippen LogP contribution < -0.4 is 10.6 Å². The number of nitrogens with one attached hydrogen (secondary N) is 2. The largest absolute Gasteiger partial charge is 0.353 e. The summed E-state index contributed by atoms with van der Waals surface area (Å²) in [6.45, 7) is 14.3. The summed E-state index contributed by atoms with van der Waals surface area (Å²) in [6.07, 6.45) is 6.39. The molecule has 0 aromatic carbocycles. The maximum absolute atomic E-state index is 12.8. The van der Waals surface area contributed by atoms with Gasteiger partial charge in [-0.3, -0.25) is 14.4 Å². The molecule has 1 saturated carbocycles. The predicted molar refractivity (Wildman–Crippen MR) is 129 cm³/mol. The highest BCUT2D eigenvalue weighted by molar-refractivity contribution is 5.80. The standard InChI is InChI=1S/C26H47N3O3/c1-17(2)19(5)15-24(30)27-22-7-9-23(10-8-22)28-26(32)21-11-13-29(14-12-21)25(31)16-20(6)18(3)4/h17-23H,7-16H2,1-6H3,(H,27,30)(H,28,32)/t19-,20-,22?,23?/m0/s1. The molecule has 6 nitrogen and oxygen atoms in total. The van der Waals surface area contributed by atoms with Crippen molar-refractivity contribution in [1.29, 1.82) is 0 Å². The minimum Gasteiger partial charge on any atom is -0.353 e. The Labute approximate surface area is 195 Å². The summed E-state index contributed by atoms with van der Waals surface area (Å²) >= 11 is 0. The Balaban J connectivity index is 1.66. The van der Waals surface area contributed by atoms with Crippen LogP contribution in [0.2, 0.25) is 0 Å². The van der Waals surface area contributed by atoms with Gasteiger partial charge in [0.1, 0.15) is 0 Å². The minimum absolute atomic E-state index is 0.0107. The van der Waals surface area contributed by atoms with E-state index in [9.17, 15) is 14.4 Å². The van der Waals surface area contributed by atoms with Gasteiger partial charge >= 0.3 is 0 Å². The molecule has 3 amide bonds. The molecule has 1 heterocycles. The van der Waals surface area contributed by atoms with E-state index < -0.39 is 0 Å². The van der Waals surface area contributed by atoms with Crippen LogP contribution in [0, 0.1) is 29.6 Å². The van der Waals surface area contributed by atoms with Crippen molar-refractivity contribution >= 4 is 17.7 Å². The SMILES string of the molecule is CC(C)[C@@H](C)CC(=O)NC1CCC(NC(=O)C2CCN(C(=O)C[C@H](C)C(C)C)CC2)CC1. The Kier molecular flexibility index (Phi) is 10.5. The number of rotatable bonds is 9. The second-order valence-corrected chi connectivity index (χ2v) is 11.1. The molecule has 32 heavy (non-hydrogen) atoms. The first-order valence-electron chi connectivity index (χ1n) is 12.9. The molecule has 0 spiro atoms. The Bertz CT molecular complexity index is 618. The second-order valence-electron chi connectivity index (χ2n) is 11.1. The van der Waals surface area contributed by atoms with Gasteiger partial charge in [-0.05, 0) is 62.2 Å². The number of carbonyl (C=O) groups excluding carboxylic acids is 3. The van der Waals surface area contributed by atoms with E-state index in [1.54, 1.807) is 0 Å². The molecule has 0 unspecified atom stereocenters. The van der Waals surface area contributed by atoms with Gasteiger partial charge in [0.25, 0.3) is 0 Å². The lowest BCUT2D eigenvalue weighted by molar-refractivity contribution is -0.136. The summed E-state index contributed by atoms with van der Waals surface area (Å²) < 4.78 is 0. The number of hydrogen-bond acceptors (Lipinski definition) is 3. The van der Waals surface area contributed by atoms with Crippen molar-refractivity contribution in [2.24, 2.45) is 29.6 Å². The normalized spacial score (nSPS) is 24.3. The van der Waals surface area contributed by atoms with Gasteiger partial charge in [-0.15, -0.1) is 0 Å². The molecule has 0 bridgehead atoms. The maximum atomic E-state index is 12.8. The quantitative estimate of drug-likeness (QED) is 0.555. The number of amides is 3. The van der Waals surface area contributed by atoms with E-state index in [0.717, 1.165) is 38.5 Å². The van der Waals surface area contributed by atoms with Crippen molar-refractivity contribution in [2.75, 3.05) is 13.1 Å². The van der Waals surface area contributed by atoms with Crippen molar-refractivity contribution in [3.8, 4) is 0 Å². The molecule has 2 fully saturated rings. The van der Waals surface area contributed by atoms with Crippen LogP contribution in [-0.4, -0.2) is 47.8 Å². The molecule has 2 atom stereocenters. The van der Waals surface area contributed by atoms with Crippen LogP contribution >= 0.6 is 0 Å². The Morgan fingerprint density at radius 2 is 1.19 bits per heavy atom. The monoisotopic (exact) mass is 449 g/mol. The van der Waals surface area contributed by atoms with Gasteiger partial charge in [0.2, 0.25) is 17.7 Å². The summed E-state index contributed by atoms with van der Waals surface area (Å²) in [6, 6.07) is 0.439. The maximum Gasteiger partial charge on any atom is 0.223 e. The highest BCUT2D eigenvalue weighted by Crippen LogP contribution is 2.24. The Hall–Kier alpha value is -1.59. The lowest BCUT2D eigenvalue weighted by atomic mass is 9.89. The molecule has 1 saturated heterocycles. The van der Waals surface area contributed by atoms with Gasteiger partial charge in [0.05, 0.1) is 0 Å². The van der Waals surface area contributed by atoms with E-state index in [2.05, 4.69) is 52.2 Å². The van der Waals surface area contributed by atoms with Crippen molar-refractivity contribution < 1.29 is 14.4 Å². The number of nitrogens with zero attached hydrogens (tertiary/aromatic N) is 1. The molecule has 184 valence electrons. The molecule has 0 aromatic rings. The van der Waals surface area contributed by atoms with Gasteiger partial charge in [0, 0.05) is 43.9 Å². The average Bonchev–Trinajstić information content (AvgIpc) is 2.74. The van der Waals surface area contributed by atoms with Crippen LogP contribution in [0.3, 0.4) is 0 Å². The zero-order valence-corrected chi connectivity index (χ0v) is 21.3. The van der Waals surface area contributed by atoms with Crippen LogP contribution in [0.15, 0.2) is 0 Å². The molecule has 1 aliphatic carbocycles. The Morgan fingerprint density at radius 3 is 1.69 bits per heavy atom. The van der Waals surface area contributed by atoms with E-state index >= 15 is 0 Å². The number of hydrogen-bond donors (Lipinski definition) is 2. The Morgan fingerprint density at radius 1 is 0.719 bits per heavy atom. The predicted octanol–water partition coefficient (Wildman–Crippen LogP) is 4.13.